The fraction of sp³-hybridized carbons (Fsp3) is 0.478. The highest BCUT2D eigenvalue weighted by molar-refractivity contribution is 5.95. The number of methoxy groups -OCH3 is 2. The minimum absolute atomic E-state index is 0.113. The molecule has 1 aliphatic rings. The Morgan fingerprint density at radius 1 is 1.17 bits per heavy atom. The molecule has 1 unspecified atom stereocenters. The van der Waals surface area contributed by atoms with Crippen molar-refractivity contribution >= 4 is 11.7 Å². The highest BCUT2D eigenvalue weighted by Crippen LogP contribution is 2.27. The number of pyridine rings is 1. The van der Waals surface area contributed by atoms with Crippen molar-refractivity contribution in [2.75, 3.05) is 32.6 Å². The van der Waals surface area contributed by atoms with Gasteiger partial charge in [0.15, 0.2) is 11.5 Å². The molecule has 0 bridgehead atoms. The zero-order valence-electron chi connectivity index (χ0n) is 17.6. The molecule has 1 saturated heterocycles. The summed E-state index contributed by atoms with van der Waals surface area (Å²) in [5.41, 5.74) is 1.84. The standard InChI is InChI=1S/C23H31N3O3/c1-4-19-7-5-6-14-26(19)23(27)18-11-13-25-22(16-18)24-12-10-17-8-9-20(28-2)21(15-17)29-3/h8-9,11,13,15-16,19H,4-7,10,12,14H2,1-3H3,(H,24,25). The van der Waals surface area contributed by atoms with Crippen molar-refractivity contribution in [2.24, 2.45) is 0 Å². The van der Waals surface area contributed by atoms with Crippen molar-refractivity contribution < 1.29 is 14.3 Å². The van der Waals surface area contributed by atoms with Gasteiger partial charge in [-0.2, -0.15) is 0 Å². The van der Waals surface area contributed by atoms with Gasteiger partial charge in [0.1, 0.15) is 5.82 Å². The molecule has 1 aromatic carbocycles. The van der Waals surface area contributed by atoms with Gasteiger partial charge in [0, 0.05) is 30.9 Å². The molecular formula is C23H31N3O3. The van der Waals surface area contributed by atoms with Crippen LogP contribution in [0.1, 0.15) is 48.5 Å². The molecule has 2 aromatic rings. The first kappa shape index (κ1) is 21.0. The molecule has 6 heteroatoms. The van der Waals surface area contributed by atoms with Crippen LogP contribution < -0.4 is 14.8 Å². The highest BCUT2D eigenvalue weighted by Gasteiger charge is 2.26. The number of piperidine rings is 1. The molecule has 3 rings (SSSR count). The first-order chi connectivity index (χ1) is 14.2. The monoisotopic (exact) mass is 397 g/mol. The van der Waals surface area contributed by atoms with Crippen LogP contribution >= 0.6 is 0 Å². The van der Waals surface area contributed by atoms with Crippen LogP contribution in [0.5, 0.6) is 11.5 Å². The van der Waals surface area contributed by atoms with Crippen molar-refractivity contribution in [3.8, 4) is 11.5 Å². The smallest absolute Gasteiger partial charge is 0.254 e. The number of ether oxygens (including phenoxy) is 2. The van der Waals surface area contributed by atoms with Gasteiger partial charge in [-0.3, -0.25) is 4.79 Å². The zero-order chi connectivity index (χ0) is 20.6. The Morgan fingerprint density at radius 2 is 2.00 bits per heavy atom. The van der Waals surface area contributed by atoms with Gasteiger partial charge >= 0.3 is 0 Å². The molecule has 1 N–H and O–H groups in total. The van der Waals surface area contributed by atoms with Crippen molar-refractivity contribution in [1.82, 2.24) is 9.88 Å². The topological polar surface area (TPSA) is 63.7 Å². The second-order valence-electron chi connectivity index (χ2n) is 7.35. The minimum atomic E-state index is 0.113. The third-order valence-electron chi connectivity index (χ3n) is 5.53. The van der Waals surface area contributed by atoms with Crippen molar-refractivity contribution in [3.05, 3.63) is 47.7 Å². The summed E-state index contributed by atoms with van der Waals surface area (Å²) in [6, 6.07) is 9.94. The van der Waals surface area contributed by atoms with Gasteiger partial charge in [-0.25, -0.2) is 4.98 Å². The maximum absolute atomic E-state index is 13.0. The van der Waals surface area contributed by atoms with Crippen LogP contribution in [-0.2, 0) is 6.42 Å². The third-order valence-corrected chi connectivity index (χ3v) is 5.53. The molecule has 6 nitrogen and oxygen atoms in total. The molecule has 1 aliphatic heterocycles. The van der Waals surface area contributed by atoms with Crippen LogP contribution in [0.3, 0.4) is 0 Å². The molecule has 0 aliphatic carbocycles. The summed E-state index contributed by atoms with van der Waals surface area (Å²) >= 11 is 0. The van der Waals surface area contributed by atoms with E-state index in [2.05, 4.69) is 17.2 Å². The zero-order valence-corrected chi connectivity index (χ0v) is 17.6. The lowest BCUT2D eigenvalue weighted by Crippen LogP contribution is -2.43. The summed E-state index contributed by atoms with van der Waals surface area (Å²) in [4.78, 5) is 19.4. The summed E-state index contributed by atoms with van der Waals surface area (Å²) in [5, 5.41) is 3.33. The molecule has 1 fully saturated rings. The summed E-state index contributed by atoms with van der Waals surface area (Å²) in [5.74, 6) is 2.28. The molecule has 1 atom stereocenters. The van der Waals surface area contributed by atoms with Gasteiger partial charge in [0.2, 0.25) is 0 Å². The number of aromatic nitrogens is 1. The Balaban J connectivity index is 1.61. The van der Waals surface area contributed by atoms with E-state index < -0.39 is 0 Å². The van der Waals surface area contributed by atoms with Gasteiger partial charge in [-0.1, -0.05) is 13.0 Å². The Labute approximate surface area is 173 Å². The SMILES string of the molecule is CCC1CCCCN1C(=O)c1ccnc(NCCc2ccc(OC)c(OC)c2)c1. The molecule has 0 saturated carbocycles. The van der Waals surface area contributed by atoms with Crippen LogP contribution in [0.15, 0.2) is 36.5 Å². The second kappa shape index (κ2) is 10.1. The Hall–Kier alpha value is -2.76. The van der Waals surface area contributed by atoms with E-state index in [1.807, 2.05) is 35.2 Å². The van der Waals surface area contributed by atoms with Gasteiger partial charge in [-0.05, 0) is 61.9 Å². The van der Waals surface area contributed by atoms with E-state index in [1.54, 1.807) is 20.4 Å². The molecule has 1 amide bonds. The van der Waals surface area contributed by atoms with Gasteiger partial charge in [-0.15, -0.1) is 0 Å². The lowest BCUT2D eigenvalue weighted by molar-refractivity contribution is 0.0608. The predicted octanol–water partition coefficient (Wildman–Crippen LogP) is 4.16. The van der Waals surface area contributed by atoms with E-state index in [-0.39, 0.29) is 5.91 Å². The Morgan fingerprint density at radius 3 is 2.76 bits per heavy atom. The number of amides is 1. The molecule has 2 heterocycles. The van der Waals surface area contributed by atoms with E-state index >= 15 is 0 Å². The number of hydrogen-bond donors (Lipinski definition) is 1. The first-order valence-electron chi connectivity index (χ1n) is 10.4. The number of nitrogens with zero attached hydrogens (tertiary/aromatic N) is 2. The van der Waals surface area contributed by atoms with Crippen LogP contribution in [0.25, 0.3) is 0 Å². The number of rotatable bonds is 8. The predicted molar refractivity (Wildman–Crippen MR) is 115 cm³/mol. The van der Waals surface area contributed by atoms with E-state index in [9.17, 15) is 4.79 Å². The van der Waals surface area contributed by atoms with Crippen LogP contribution in [0.4, 0.5) is 5.82 Å². The van der Waals surface area contributed by atoms with Crippen LogP contribution in [0.2, 0.25) is 0 Å². The number of nitrogens with one attached hydrogen (secondary N) is 1. The van der Waals surface area contributed by atoms with E-state index in [4.69, 9.17) is 9.47 Å². The van der Waals surface area contributed by atoms with E-state index in [1.165, 1.54) is 6.42 Å². The fourth-order valence-corrected chi connectivity index (χ4v) is 3.89. The lowest BCUT2D eigenvalue weighted by Gasteiger charge is -2.35. The highest BCUT2D eigenvalue weighted by atomic mass is 16.5. The summed E-state index contributed by atoms with van der Waals surface area (Å²) in [6.45, 7) is 3.72. The number of likely N-dealkylation sites (tertiary alicyclic amines) is 1. The van der Waals surface area contributed by atoms with E-state index in [0.29, 0.717) is 18.2 Å². The average molecular weight is 398 g/mol. The minimum Gasteiger partial charge on any atom is -0.493 e. The van der Waals surface area contributed by atoms with Crippen molar-refractivity contribution in [3.63, 3.8) is 0 Å². The van der Waals surface area contributed by atoms with Crippen molar-refractivity contribution in [2.45, 2.75) is 45.1 Å². The molecule has 0 radical (unpaired) electrons. The molecule has 156 valence electrons. The number of benzene rings is 1. The largest absolute Gasteiger partial charge is 0.493 e. The summed E-state index contributed by atoms with van der Waals surface area (Å²) in [6.07, 6.45) is 6.92. The number of carbonyl (C=O) groups excluding carboxylic acids is 1. The fourth-order valence-electron chi connectivity index (χ4n) is 3.89. The van der Waals surface area contributed by atoms with E-state index in [0.717, 1.165) is 55.1 Å². The lowest BCUT2D eigenvalue weighted by atomic mass is 9.99. The van der Waals surface area contributed by atoms with Crippen LogP contribution in [-0.4, -0.2) is 49.1 Å². The molecule has 1 aromatic heterocycles. The quantitative estimate of drug-likeness (QED) is 0.725. The Bertz CT molecular complexity index is 825. The maximum Gasteiger partial charge on any atom is 0.254 e. The number of carbonyl (C=O) groups is 1. The Kier molecular flexibility index (Phi) is 7.33. The molecular weight excluding hydrogens is 366 g/mol. The third kappa shape index (κ3) is 5.19. The van der Waals surface area contributed by atoms with Crippen molar-refractivity contribution in [1.29, 1.82) is 0 Å². The van der Waals surface area contributed by atoms with Gasteiger partial charge in [0.25, 0.3) is 5.91 Å². The number of anilines is 1. The van der Waals surface area contributed by atoms with Crippen LogP contribution in [0, 0.1) is 0 Å². The average Bonchev–Trinajstić information content (AvgIpc) is 2.78. The van der Waals surface area contributed by atoms with Gasteiger partial charge in [0.05, 0.1) is 14.2 Å². The maximum atomic E-state index is 13.0. The second-order valence-corrected chi connectivity index (χ2v) is 7.35. The summed E-state index contributed by atoms with van der Waals surface area (Å²) in [7, 11) is 3.27. The first-order valence-corrected chi connectivity index (χ1v) is 10.4. The van der Waals surface area contributed by atoms with Gasteiger partial charge < -0.3 is 19.7 Å². The molecule has 0 spiro atoms. The molecule has 29 heavy (non-hydrogen) atoms. The number of hydrogen-bond acceptors (Lipinski definition) is 5. The normalized spacial score (nSPS) is 16.4. The summed E-state index contributed by atoms with van der Waals surface area (Å²) < 4.78 is 10.6.